The van der Waals surface area contributed by atoms with Gasteiger partial charge >= 0.3 is 0 Å². The molecule has 0 radical (unpaired) electrons. The first kappa shape index (κ1) is 42.1. The number of pyridine rings is 3. The summed E-state index contributed by atoms with van der Waals surface area (Å²) >= 11 is 1.71. The first-order chi connectivity index (χ1) is 31.5. The van der Waals surface area contributed by atoms with Gasteiger partial charge in [-0.3, -0.25) is 0 Å². The lowest BCUT2D eigenvalue weighted by Crippen LogP contribution is -2.36. The van der Waals surface area contributed by atoms with E-state index in [1.54, 1.807) is 17.4 Å². The molecule has 0 aliphatic carbocycles. The highest BCUT2D eigenvalue weighted by molar-refractivity contribution is 7.22. The van der Waals surface area contributed by atoms with Crippen LogP contribution in [0.5, 0.6) is 0 Å². The number of ether oxygens (including phenoxy) is 2. The zero-order chi connectivity index (χ0) is 43.6. The van der Waals surface area contributed by atoms with Crippen LogP contribution in [-0.4, -0.2) is 113 Å². The maximum absolute atomic E-state index is 13.8. The molecule has 0 unspecified atom stereocenters. The molecule has 0 amide bonds. The fraction of sp³-hybridized carbons (Fsp3) is 0.438. The summed E-state index contributed by atoms with van der Waals surface area (Å²) in [4.78, 5) is 32.3. The number of morpholine rings is 2. The van der Waals surface area contributed by atoms with Gasteiger partial charge in [-0.15, -0.1) is 0 Å². The number of hydrogen-bond acceptors (Lipinski definition) is 13. The summed E-state index contributed by atoms with van der Waals surface area (Å²) in [7, 11) is 1.98. The summed E-state index contributed by atoms with van der Waals surface area (Å²) in [5, 5.41) is 1.97. The van der Waals surface area contributed by atoms with E-state index in [4.69, 9.17) is 23.9 Å². The molecule has 8 aromatic rings. The Bertz CT molecular complexity index is 2830. The summed E-state index contributed by atoms with van der Waals surface area (Å²) in [5.74, 6) is 0.677. The number of thiazole rings is 1. The monoisotopic (exact) mass is 885 g/mol. The van der Waals surface area contributed by atoms with E-state index >= 15 is 0 Å². The molecule has 7 aromatic heterocycles. The molecular weight excluding hydrogens is 830 g/mol. The molecule has 0 spiro atoms. The van der Waals surface area contributed by atoms with Crippen LogP contribution in [0.2, 0.25) is 0 Å². The molecule has 0 saturated carbocycles. The maximum Gasteiger partial charge on any atom is 0.298 e. The Morgan fingerprint density at radius 3 is 2.17 bits per heavy atom. The minimum absolute atomic E-state index is 0.275. The molecule has 1 aromatic carbocycles. The predicted molar refractivity (Wildman–Crippen MR) is 253 cm³/mol. The minimum Gasteiger partial charge on any atom is -0.423 e. The van der Waals surface area contributed by atoms with E-state index in [0.717, 1.165) is 153 Å². The second kappa shape index (κ2) is 18.7. The van der Waals surface area contributed by atoms with Gasteiger partial charge in [0, 0.05) is 101 Å². The smallest absolute Gasteiger partial charge is 0.298 e. The van der Waals surface area contributed by atoms with Crippen LogP contribution >= 0.6 is 11.3 Å². The zero-order valence-corrected chi connectivity index (χ0v) is 37.7. The molecule has 4 aliphatic rings. The van der Waals surface area contributed by atoms with Crippen molar-refractivity contribution in [3.63, 3.8) is 0 Å². The van der Waals surface area contributed by atoms with Crippen LogP contribution < -0.4 is 19.6 Å². The summed E-state index contributed by atoms with van der Waals surface area (Å²) in [5.41, 5.74) is 9.38. The van der Waals surface area contributed by atoms with Gasteiger partial charge in [0.1, 0.15) is 22.6 Å². The third-order valence-corrected chi connectivity index (χ3v) is 14.0. The number of fused-ring (bicyclic) bond motifs is 4. The van der Waals surface area contributed by atoms with Gasteiger partial charge in [0.15, 0.2) is 16.4 Å². The van der Waals surface area contributed by atoms with Gasteiger partial charge in [-0.1, -0.05) is 31.3 Å². The zero-order valence-electron chi connectivity index (χ0n) is 36.9. The summed E-state index contributed by atoms with van der Waals surface area (Å²) in [6, 6.07) is 17.1. The molecule has 4 saturated heterocycles. The van der Waals surface area contributed by atoms with Crippen molar-refractivity contribution >= 4 is 72.0 Å². The van der Waals surface area contributed by atoms with Crippen molar-refractivity contribution < 1.29 is 18.3 Å². The molecule has 0 atom stereocenters. The van der Waals surface area contributed by atoms with Crippen LogP contribution in [0.4, 0.5) is 26.9 Å². The predicted octanol–water partition coefficient (Wildman–Crippen LogP) is 8.66. The molecule has 334 valence electrons. The van der Waals surface area contributed by atoms with Crippen molar-refractivity contribution in [3.05, 3.63) is 96.6 Å². The summed E-state index contributed by atoms with van der Waals surface area (Å²) in [6.07, 6.45) is 13.8. The van der Waals surface area contributed by atoms with Crippen LogP contribution in [0.25, 0.3) is 38.1 Å². The van der Waals surface area contributed by atoms with E-state index in [1.807, 2.05) is 43.9 Å². The lowest BCUT2D eigenvalue weighted by Gasteiger charge is -2.33. The Morgan fingerprint density at radius 1 is 0.688 bits per heavy atom. The standard InChI is InChI=1S/C23H25FN6OS.C23H25N5O2.C2H6/c1-28-14-19(18-10-16(24)12-26-22(18)28)15-2-4-29(5-3-15)17-11-20-21(25-13-17)27-23(32-20)30-6-8-31-9-7-30;1-2-8-28-20(16-24-22(28)3-1)17-6-9-26(10-7-17)18-4-5-21-19(15-18)25-23(30-21)27-11-13-29-14-12-27;1-2/h10-15H,2-9H2,1H3;1-5,8,15-17H,6-7,9-14H2;1-2H3. The average Bonchev–Trinajstić information content (AvgIpc) is 4.17. The van der Waals surface area contributed by atoms with E-state index in [2.05, 4.69) is 87.7 Å². The van der Waals surface area contributed by atoms with Gasteiger partial charge in [0.05, 0.1) is 49.2 Å². The number of halogens is 1. The lowest BCUT2D eigenvalue weighted by atomic mass is 9.89. The number of rotatable bonds is 6. The number of piperidine rings is 2. The van der Waals surface area contributed by atoms with Crippen molar-refractivity contribution in [2.75, 3.05) is 98.4 Å². The first-order valence-corrected chi connectivity index (χ1v) is 23.7. The van der Waals surface area contributed by atoms with E-state index in [-0.39, 0.29) is 5.82 Å². The van der Waals surface area contributed by atoms with E-state index < -0.39 is 0 Å². The lowest BCUT2D eigenvalue weighted by molar-refractivity contribution is 0.120. The van der Waals surface area contributed by atoms with Crippen LogP contribution in [0.3, 0.4) is 0 Å². The third-order valence-electron chi connectivity index (χ3n) is 13.0. The maximum atomic E-state index is 13.8. The molecule has 64 heavy (non-hydrogen) atoms. The van der Waals surface area contributed by atoms with Gasteiger partial charge < -0.3 is 42.5 Å². The van der Waals surface area contributed by atoms with Gasteiger partial charge in [0.2, 0.25) is 0 Å². The molecule has 4 aliphatic heterocycles. The van der Waals surface area contributed by atoms with E-state index in [9.17, 15) is 4.39 Å². The van der Waals surface area contributed by atoms with Gasteiger partial charge in [-0.25, -0.2) is 19.3 Å². The Kier molecular flexibility index (Phi) is 12.3. The molecule has 16 heteroatoms. The van der Waals surface area contributed by atoms with E-state index in [1.165, 1.54) is 23.1 Å². The molecule has 0 N–H and O–H groups in total. The summed E-state index contributed by atoms with van der Waals surface area (Å²) < 4.78 is 36.1. The Labute approximate surface area is 376 Å². The summed E-state index contributed by atoms with van der Waals surface area (Å²) in [6.45, 7) is 14.4. The molecule has 14 nitrogen and oxygen atoms in total. The second-order valence-electron chi connectivity index (χ2n) is 16.7. The van der Waals surface area contributed by atoms with Gasteiger partial charge in [0.25, 0.3) is 6.01 Å². The molecule has 12 rings (SSSR count). The normalized spacial score (nSPS) is 17.9. The van der Waals surface area contributed by atoms with Crippen LogP contribution in [0.1, 0.15) is 62.6 Å². The number of nitrogens with zero attached hydrogens (tertiary/aromatic N) is 11. The number of benzene rings is 1. The number of aromatic nitrogens is 7. The van der Waals surface area contributed by atoms with Crippen LogP contribution in [0, 0.1) is 5.82 Å². The number of imidazole rings is 1. The number of aryl methyl sites for hydroxylation is 1. The average molecular weight is 886 g/mol. The Morgan fingerprint density at radius 2 is 1.41 bits per heavy atom. The quantitative estimate of drug-likeness (QED) is 0.159. The van der Waals surface area contributed by atoms with Crippen molar-refractivity contribution in [2.24, 2.45) is 7.05 Å². The fourth-order valence-electron chi connectivity index (χ4n) is 9.58. The van der Waals surface area contributed by atoms with Crippen molar-refractivity contribution in [2.45, 2.75) is 51.4 Å². The van der Waals surface area contributed by atoms with Crippen LogP contribution in [0.15, 0.2) is 83.9 Å². The molecule has 11 heterocycles. The van der Waals surface area contributed by atoms with Gasteiger partial charge in [-0.2, -0.15) is 9.97 Å². The highest BCUT2D eigenvalue weighted by Crippen LogP contribution is 2.37. The third kappa shape index (κ3) is 8.58. The topological polar surface area (TPSA) is 118 Å². The fourth-order valence-corrected chi connectivity index (χ4v) is 10.6. The SMILES string of the molecule is CC.Cn1cc(C2CCN(c3cnc4nc(N5CCOCC5)sc4c3)CC2)c2cc(F)cnc21.c1ccn2c(C3CCN(c4ccc5oc(N6CCOCC6)nc5c4)CC3)cnc2c1. The number of anilines is 4. The largest absolute Gasteiger partial charge is 0.423 e. The van der Waals surface area contributed by atoms with Crippen molar-refractivity contribution in [1.82, 2.24) is 33.9 Å². The molecular formula is C48H56FN11O3S. The van der Waals surface area contributed by atoms with Crippen LogP contribution in [-0.2, 0) is 16.5 Å². The van der Waals surface area contributed by atoms with Gasteiger partial charge in [-0.05, 0) is 79.6 Å². The van der Waals surface area contributed by atoms with Crippen molar-refractivity contribution in [1.29, 1.82) is 0 Å². The first-order valence-electron chi connectivity index (χ1n) is 22.9. The highest BCUT2D eigenvalue weighted by atomic mass is 32.1. The molecule has 4 fully saturated rings. The number of oxazole rings is 1. The second-order valence-corrected chi connectivity index (χ2v) is 17.7. The minimum atomic E-state index is -0.275. The molecule has 0 bridgehead atoms. The Balaban J connectivity index is 0.000000146. The van der Waals surface area contributed by atoms with E-state index in [0.29, 0.717) is 17.9 Å². The van der Waals surface area contributed by atoms with Crippen molar-refractivity contribution in [3.8, 4) is 0 Å². The highest BCUT2D eigenvalue weighted by Gasteiger charge is 2.27. The Hall–Kier alpha value is -5.84. The number of hydrogen-bond donors (Lipinski definition) is 0.